The van der Waals surface area contributed by atoms with Crippen molar-refractivity contribution in [2.75, 3.05) is 19.0 Å². The number of guanidine groups is 1. The third-order valence-electron chi connectivity index (χ3n) is 2.45. The normalized spacial score (nSPS) is 11.4. The van der Waals surface area contributed by atoms with E-state index in [-0.39, 0.29) is 0 Å². The van der Waals surface area contributed by atoms with E-state index in [0.717, 1.165) is 30.6 Å². The maximum absolute atomic E-state index is 5.42. The highest BCUT2D eigenvalue weighted by molar-refractivity contribution is 5.93. The van der Waals surface area contributed by atoms with Gasteiger partial charge in [-0.15, -0.1) is 0 Å². The van der Waals surface area contributed by atoms with E-state index in [1.54, 1.807) is 7.11 Å². The van der Waals surface area contributed by atoms with Gasteiger partial charge in [0.05, 0.1) is 6.61 Å². The molecule has 0 aliphatic heterocycles. The van der Waals surface area contributed by atoms with Crippen molar-refractivity contribution in [3.8, 4) is 0 Å². The highest BCUT2D eigenvalue weighted by Gasteiger charge is 1.98. The molecule has 1 aromatic carbocycles. The van der Waals surface area contributed by atoms with Crippen LogP contribution in [0, 0.1) is 0 Å². The highest BCUT2D eigenvalue weighted by Crippen LogP contribution is 2.10. The second kappa shape index (κ2) is 8.49. The van der Waals surface area contributed by atoms with E-state index in [9.17, 15) is 0 Å². The Hall–Kier alpha value is -1.59. The molecule has 0 aliphatic rings. The van der Waals surface area contributed by atoms with Crippen LogP contribution in [-0.4, -0.2) is 19.6 Å². The van der Waals surface area contributed by atoms with Gasteiger partial charge in [0.1, 0.15) is 0 Å². The summed E-state index contributed by atoms with van der Waals surface area (Å²) in [7, 11) is 1.68. The minimum absolute atomic E-state index is 0.586. The number of ether oxygens (including phenoxy) is 1. The molecule has 1 rings (SSSR count). The molecule has 4 N–H and O–H groups in total. The van der Waals surface area contributed by atoms with Gasteiger partial charge in [-0.1, -0.05) is 25.5 Å². The molecule has 5 heteroatoms. The molecule has 0 saturated heterocycles. The fourth-order valence-corrected chi connectivity index (χ4v) is 1.46. The second-order valence-corrected chi connectivity index (χ2v) is 3.98. The molecule has 0 aromatic heterocycles. The molecule has 0 spiro atoms. The van der Waals surface area contributed by atoms with Gasteiger partial charge in [0, 0.05) is 19.3 Å². The number of hydrogen-bond acceptors (Lipinski definition) is 3. The number of unbranched alkanes of at least 4 members (excludes halogenated alkanes) is 1. The van der Waals surface area contributed by atoms with Crippen LogP contribution in [0.25, 0.3) is 0 Å². The van der Waals surface area contributed by atoms with Gasteiger partial charge in [-0.3, -0.25) is 10.4 Å². The number of aliphatic imine (C=N–C) groups is 1. The first-order chi connectivity index (χ1) is 8.80. The van der Waals surface area contributed by atoms with E-state index in [0.29, 0.717) is 12.6 Å². The van der Waals surface area contributed by atoms with Gasteiger partial charge < -0.3 is 10.1 Å². The van der Waals surface area contributed by atoms with E-state index in [1.165, 1.54) is 0 Å². The summed E-state index contributed by atoms with van der Waals surface area (Å²) in [5.41, 5.74) is 4.64. The van der Waals surface area contributed by atoms with Crippen molar-refractivity contribution in [1.29, 1.82) is 0 Å². The Morgan fingerprint density at radius 1 is 1.33 bits per heavy atom. The summed E-state index contributed by atoms with van der Waals surface area (Å²) < 4.78 is 5.06. The van der Waals surface area contributed by atoms with Crippen molar-refractivity contribution in [3.63, 3.8) is 0 Å². The van der Waals surface area contributed by atoms with Gasteiger partial charge in [0.25, 0.3) is 0 Å². The smallest absolute Gasteiger partial charge is 0.210 e. The molecule has 0 atom stereocenters. The Kier molecular flexibility index (Phi) is 6.83. The Labute approximate surface area is 108 Å². The Morgan fingerprint density at radius 2 is 2.06 bits per heavy atom. The number of methoxy groups -OCH3 is 1. The van der Waals surface area contributed by atoms with Gasteiger partial charge in [-0.2, -0.15) is 0 Å². The van der Waals surface area contributed by atoms with Crippen molar-refractivity contribution >= 4 is 11.6 Å². The zero-order chi connectivity index (χ0) is 13.2. The lowest BCUT2D eigenvalue weighted by Crippen LogP contribution is -2.36. The van der Waals surface area contributed by atoms with Crippen LogP contribution in [0.4, 0.5) is 5.69 Å². The number of hydrazine groups is 1. The first-order valence-corrected chi connectivity index (χ1v) is 6.16. The highest BCUT2D eigenvalue weighted by atomic mass is 16.5. The van der Waals surface area contributed by atoms with Gasteiger partial charge in [0.15, 0.2) is 0 Å². The van der Waals surface area contributed by atoms with E-state index < -0.39 is 0 Å². The lowest BCUT2D eigenvalue weighted by atomic mass is 10.2. The molecule has 0 saturated carbocycles. The molecule has 0 amide bonds. The molecule has 0 fully saturated rings. The predicted octanol–water partition coefficient (Wildman–Crippen LogP) is 1.86. The number of nitrogens with one attached hydrogen (secondary N) is 2. The molecule has 18 heavy (non-hydrogen) atoms. The van der Waals surface area contributed by atoms with Crippen molar-refractivity contribution in [2.24, 2.45) is 10.8 Å². The average molecular weight is 250 g/mol. The number of hydrogen-bond donors (Lipinski definition) is 3. The first-order valence-electron chi connectivity index (χ1n) is 6.16. The van der Waals surface area contributed by atoms with Crippen molar-refractivity contribution in [1.82, 2.24) is 5.43 Å². The van der Waals surface area contributed by atoms with Crippen LogP contribution in [0.5, 0.6) is 0 Å². The average Bonchev–Trinajstić information content (AvgIpc) is 2.40. The molecule has 0 heterocycles. The summed E-state index contributed by atoms with van der Waals surface area (Å²) in [6, 6.07) is 7.96. The lowest BCUT2D eigenvalue weighted by Gasteiger charge is -2.09. The summed E-state index contributed by atoms with van der Waals surface area (Å²) in [4.78, 5) is 4.33. The van der Waals surface area contributed by atoms with E-state index >= 15 is 0 Å². The fourth-order valence-electron chi connectivity index (χ4n) is 1.46. The van der Waals surface area contributed by atoms with E-state index in [1.807, 2.05) is 24.3 Å². The Morgan fingerprint density at radius 3 is 2.61 bits per heavy atom. The van der Waals surface area contributed by atoms with Crippen molar-refractivity contribution in [2.45, 2.75) is 26.4 Å². The van der Waals surface area contributed by atoms with Gasteiger partial charge >= 0.3 is 0 Å². The van der Waals surface area contributed by atoms with Crippen LogP contribution in [0.15, 0.2) is 29.3 Å². The van der Waals surface area contributed by atoms with Crippen LogP contribution < -0.4 is 16.6 Å². The van der Waals surface area contributed by atoms with Gasteiger partial charge in [-0.05, 0) is 24.1 Å². The van der Waals surface area contributed by atoms with Crippen molar-refractivity contribution < 1.29 is 4.74 Å². The summed E-state index contributed by atoms with van der Waals surface area (Å²) in [6.07, 6.45) is 2.17. The zero-order valence-corrected chi connectivity index (χ0v) is 11.1. The van der Waals surface area contributed by atoms with Crippen LogP contribution in [-0.2, 0) is 11.3 Å². The lowest BCUT2D eigenvalue weighted by molar-refractivity contribution is 0.185. The van der Waals surface area contributed by atoms with Gasteiger partial charge in [-0.25, -0.2) is 5.84 Å². The Balaban J connectivity index is 2.55. The quantitative estimate of drug-likeness (QED) is 0.237. The maximum atomic E-state index is 5.42. The standard InChI is InChI=1S/C13H22N4O/c1-3-4-9-15-13(17-14)16-12-7-5-11(6-8-12)10-18-2/h5-8H,3-4,9-10,14H2,1-2H3,(H2,15,16,17). The molecule has 0 aliphatic carbocycles. The molecule has 1 aromatic rings. The second-order valence-electron chi connectivity index (χ2n) is 3.98. The van der Waals surface area contributed by atoms with Gasteiger partial charge in [0.2, 0.25) is 5.96 Å². The van der Waals surface area contributed by atoms with Crippen LogP contribution in [0.1, 0.15) is 25.3 Å². The van der Waals surface area contributed by atoms with Crippen LogP contribution >= 0.6 is 0 Å². The zero-order valence-electron chi connectivity index (χ0n) is 11.1. The summed E-state index contributed by atoms with van der Waals surface area (Å²) in [6.45, 7) is 3.52. The number of nitrogens with zero attached hydrogens (tertiary/aromatic N) is 1. The number of rotatable bonds is 6. The molecule has 0 bridgehead atoms. The molecule has 0 unspecified atom stereocenters. The third-order valence-corrected chi connectivity index (χ3v) is 2.45. The molecular weight excluding hydrogens is 228 g/mol. The summed E-state index contributed by atoms with van der Waals surface area (Å²) in [5, 5.41) is 3.13. The topological polar surface area (TPSA) is 71.7 Å². The SMILES string of the molecule is CCCCN=C(NN)Nc1ccc(COC)cc1. The monoisotopic (exact) mass is 250 g/mol. The number of nitrogens with two attached hydrogens (primary N) is 1. The minimum Gasteiger partial charge on any atom is -0.380 e. The van der Waals surface area contributed by atoms with Crippen LogP contribution in [0.3, 0.4) is 0 Å². The number of anilines is 1. The minimum atomic E-state index is 0.586. The van der Waals surface area contributed by atoms with Crippen LogP contribution in [0.2, 0.25) is 0 Å². The fraction of sp³-hybridized carbons (Fsp3) is 0.462. The van der Waals surface area contributed by atoms with E-state index in [2.05, 4.69) is 22.7 Å². The van der Waals surface area contributed by atoms with Crippen molar-refractivity contribution in [3.05, 3.63) is 29.8 Å². The Bertz CT molecular complexity index is 362. The maximum Gasteiger partial charge on any atom is 0.210 e. The molecule has 0 radical (unpaired) electrons. The summed E-state index contributed by atoms with van der Waals surface area (Å²) >= 11 is 0. The molecule has 100 valence electrons. The first kappa shape index (κ1) is 14.5. The largest absolute Gasteiger partial charge is 0.380 e. The molecular formula is C13H22N4O. The summed E-state index contributed by atoms with van der Waals surface area (Å²) in [5.74, 6) is 6.00. The van der Waals surface area contributed by atoms with E-state index in [4.69, 9.17) is 10.6 Å². The number of benzene rings is 1. The third kappa shape index (κ3) is 5.16. The predicted molar refractivity (Wildman–Crippen MR) is 75.3 cm³/mol. The molecule has 5 nitrogen and oxygen atoms in total.